The van der Waals surface area contributed by atoms with E-state index in [0.717, 1.165) is 38.8 Å². The summed E-state index contributed by atoms with van der Waals surface area (Å²) in [6, 6.07) is 0. The van der Waals surface area contributed by atoms with Gasteiger partial charge in [-0.25, -0.2) is 0 Å². The number of nitrogens with two attached hydrogens (primary N) is 1. The van der Waals surface area contributed by atoms with Crippen LogP contribution in [0.5, 0.6) is 0 Å². The average Bonchev–Trinajstić information content (AvgIpc) is 2.84. The van der Waals surface area contributed by atoms with Gasteiger partial charge in [-0.2, -0.15) is 0 Å². The molecular formula is C16H31N3O. The van der Waals surface area contributed by atoms with Crippen molar-refractivity contribution in [1.29, 1.82) is 0 Å². The lowest BCUT2D eigenvalue weighted by molar-refractivity contribution is -0.126. The van der Waals surface area contributed by atoms with E-state index in [1.165, 1.54) is 25.9 Å². The molecule has 2 rings (SSSR count). The van der Waals surface area contributed by atoms with Gasteiger partial charge in [-0.05, 0) is 44.1 Å². The van der Waals surface area contributed by atoms with Gasteiger partial charge in [-0.1, -0.05) is 26.7 Å². The molecule has 1 aliphatic carbocycles. The van der Waals surface area contributed by atoms with Gasteiger partial charge in [0.15, 0.2) is 0 Å². The number of piperidine rings is 1. The molecule has 1 amide bonds. The van der Waals surface area contributed by atoms with Crippen LogP contribution < -0.4 is 11.1 Å². The van der Waals surface area contributed by atoms with Crippen molar-refractivity contribution in [3.8, 4) is 0 Å². The molecule has 20 heavy (non-hydrogen) atoms. The smallest absolute Gasteiger partial charge is 0.240 e. The molecule has 0 aromatic rings. The van der Waals surface area contributed by atoms with Gasteiger partial charge < -0.3 is 16.0 Å². The molecule has 0 bridgehead atoms. The maximum absolute atomic E-state index is 12.2. The van der Waals surface area contributed by atoms with Crippen molar-refractivity contribution < 1.29 is 4.79 Å². The summed E-state index contributed by atoms with van der Waals surface area (Å²) < 4.78 is 0. The van der Waals surface area contributed by atoms with Crippen molar-refractivity contribution in [1.82, 2.24) is 10.2 Å². The third kappa shape index (κ3) is 4.19. The largest absolute Gasteiger partial charge is 0.354 e. The Hall–Kier alpha value is -0.610. The predicted octanol–water partition coefficient (Wildman–Crippen LogP) is 1.74. The molecule has 2 fully saturated rings. The van der Waals surface area contributed by atoms with E-state index < -0.39 is 5.54 Å². The highest BCUT2D eigenvalue weighted by molar-refractivity contribution is 5.86. The second-order valence-corrected chi connectivity index (χ2v) is 7.23. The molecule has 4 heteroatoms. The fraction of sp³-hybridized carbons (Fsp3) is 0.938. The van der Waals surface area contributed by atoms with E-state index in [1.807, 2.05) is 0 Å². The fourth-order valence-electron chi connectivity index (χ4n) is 3.65. The van der Waals surface area contributed by atoms with Crippen molar-refractivity contribution in [2.24, 2.45) is 17.6 Å². The lowest BCUT2D eigenvalue weighted by Crippen LogP contribution is -2.53. The summed E-state index contributed by atoms with van der Waals surface area (Å²) >= 11 is 0. The van der Waals surface area contributed by atoms with Crippen LogP contribution in [-0.4, -0.2) is 42.5 Å². The quantitative estimate of drug-likeness (QED) is 0.807. The van der Waals surface area contributed by atoms with E-state index in [1.54, 1.807) is 0 Å². The number of hydrogen-bond acceptors (Lipinski definition) is 3. The maximum atomic E-state index is 12.2. The maximum Gasteiger partial charge on any atom is 0.240 e. The SMILES string of the molecule is CC(C)CN1CCCC(CNC(=O)C2(N)CCCC2)C1. The first-order valence-electron chi connectivity index (χ1n) is 8.29. The van der Waals surface area contributed by atoms with E-state index in [9.17, 15) is 4.79 Å². The van der Waals surface area contributed by atoms with E-state index >= 15 is 0 Å². The molecule has 1 heterocycles. The first kappa shape index (κ1) is 15.8. The highest BCUT2D eigenvalue weighted by atomic mass is 16.2. The van der Waals surface area contributed by atoms with Crippen LogP contribution in [0.25, 0.3) is 0 Å². The third-order valence-electron chi connectivity index (χ3n) is 4.73. The number of nitrogens with zero attached hydrogens (tertiary/aromatic N) is 1. The minimum Gasteiger partial charge on any atom is -0.354 e. The molecular weight excluding hydrogens is 250 g/mol. The van der Waals surface area contributed by atoms with Crippen LogP contribution in [0.15, 0.2) is 0 Å². The standard InChI is InChI=1S/C16H31N3O/c1-13(2)11-19-9-5-6-14(12-19)10-18-15(20)16(17)7-3-4-8-16/h13-14H,3-12,17H2,1-2H3,(H,18,20). The monoisotopic (exact) mass is 281 g/mol. The van der Waals surface area contributed by atoms with Gasteiger partial charge in [0.1, 0.15) is 0 Å². The molecule has 0 aromatic heterocycles. The van der Waals surface area contributed by atoms with E-state index in [2.05, 4.69) is 24.1 Å². The Morgan fingerprint density at radius 3 is 2.70 bits per heavy atom. The second kappa shape index (κ2) is 6.90. The molecule has 0 spiro atoms. The molecule has 1 saturated carbocycles. The van der Waals surface area contributed by atoms with Gasteiger partial charge in [-0.15, -0.1) is 0 Å². The van der Waals surface area contributed by atoms with E-state index in [-0.39, 0.29) is 5.91 Å². The number of likely N-dealkylation sites (tertiary alicyclic amines) is 1. The summed E-state index contributed by atoms with van der Waals surface area (Å²) in [6.07, 6.45) is 6.37. The average molecular weight is 281 g/mol. The number of hydrogen-bond donors (Lipinski definition) is 2. The van der Waals surface area contributed by atoms with Crippen LogP contribution in [-0.2, 0) is 4.79 Å². The Bertz CT molecular complexity index is 324. The highest BCUT2D eigenvalue weighted by Gasteiger charge is 2.37. The summed E-state index contributed by atoms with van der Waals surface area (Å²) in [4.78, 5) is 14.8. The molecule has 1 saturated heterocycles. The Balaban J connectivity index is 1.74. The second-order valence-electron chi connectivity index (χ2n) is 7.23. The molecule has 3 N–H and O–H groups in total. The molecule has 116 valence electrons. The fourth-order valence-corrected chi connectivity index (χ4v) is 3.65. The molecule has 1 aliphatic heterocycles. The summed E-state index contributed by atoms with van der Waals surface area (Å²) in [5, 5.41) is 3.12. The van der Waals surface area contributed by atoms with Gasteiger partial charge in [0, 0.05) is 19.6 Å². The van der Waals surface area contributed by atoms with Crippen molar-refractivity contribution in [2.45, 2.75) is 57.9 Å². The molecule has 4 nitrogen and oxygen atoms in total. The first-order valence-corrected chi connectivity index (χ1v) is 8.29. The molecule has 2 aliphatic rings. The van der Waals surface area contributed by atoms with Gasteiger partial charge in [0.25, 0.3) is 0 Å². The third-order valence-corrected chi connectivity index (χ3v) is 4.73. The lowest BCUT2D eigenvalue weighted by atomic mass is 9.95. The zero-order valence-corrected chi connectivity index (χ0v) is 13.2. The van der Waals surface area contributed by atoms with Gasteiger partial charge in [0.05, 0.1) is 5.54 Å². The Morgan fingerprint density at radius 1 is 1.35 bits per heavy atom. The number of amides is 1. The summed E-state index contributed by atoms with van der Waals surface area (Å²) in [7, 11) is 0. The number of nitrogens with one attached hydrogen (secondary N) is 1. The predicted molar refractivity (Wildman–Crippen MR) is 82.4 cm³/mol. The Kier molecular flexibility index (Phi) is 5.44. The highest BCUT2D eigenvalue weighted by Crippen LogP contribution is 2.27. The molecule has 0 radical (unpaired) electrons. The van der Waals surface area contributed by atoms with E-state index in [0.29, 0.717) is 11.8 Å². The Labute approximate surface area is 123 Å². The normalized spacial score (nSPS) is 26.9. The Morgan fingerprint density at radius 2 is 2.05 bits per heavy atom. The van der Waals surface area contributed by atoms with Gasteiger partial charge in [0.2, 0.25) is 5.91 Å². The van der Waals surface area contributed by atoms with Crippen molar-refractivity contribution in [3.05, 3.63) is 0 Å². The minimum absolute atomic E-state index is 0.0796. The zero-order valence-electron chi connectivity index (χ0n) is 13.2. The summed E-state index contributed by atoms with van der Waals surface area (Å²) in [5.74, 6) is 1.39. The van der Waals surface area contributed by atoms with Crippen molar-refractivity contribution >= 4 is 5.91 Å². The van der Waals surface area contributed by atoms with Crippen LogP contribution >= 0.6 is 0 Å². The number of carbonyl (C=O) groups excluding carboxylic acids is 1. The van der Waals surface area contributed by atoms with Crippen LogP contribution in [0.3, 0.4) is 0 Å². The van der Waals surface area contributed by atoms with Crippen LogP contribution in [0.1, 0.15) is 52.4 Å². The van der Waals surface area contributed by atoms with Gasteiger partial charge >= 0.3 is 0 Å². The van der Waals surface area contributed by atoms with Crippen molar-refractivity contribution in [3.63, 3.8) is 0 Å². The van der Waals surface area contributed by atoms with E-state index in [4.69, 9.17) is 5.73 Å². The molecule has 0 aromatic carbocycles. The van der Waals surface area contributed by atoms with Crippen molar-refractivity contribution in [2.75, 3.05) is 26.2 Å². The lowest BCUT2D eigenvalue weighted by Gasteiger charge is -2.34. The minimum atomic E-state index is -0.577. The number of carbonyl (C=O) groups is 1. The zero-order chi connectivity index (χ0) is 14.6. The summed E-state index contributed by atoms with van der Waals surface area (Å²) in [5.41, 5.74) is 5.61. The van der Waals surface area contributed by atoms with Crippen LogP contribution in [0.4, 0.5) is 0 Å². The number of rotatable bonds is 5. The first-order chi connectivity index (χ1) is 9.49. The van der Waals surface area contributed by atoms with Crippen LogP contribution in [0, 0.1) is 11.8 Å². The summed E-state index contributed by atoms with van der Waals surface area (Å²) in [6.45, 7) is 8.84. The topological polar surface area (TPSA) is 58.4 Å². The molecule has 1 unspecified atom stereocenters. The van der Waals surface area contributed by atoms with Gasteiger partial charge in [-0.3, -0.25) is 4.79 Å². The molecule has 1 atom stereocenters. The van der Waals surface area contributed by atoms with Crippen LogP contribution in [0.2, 0.25) is 0 Å².